The number of amides is 1. The Hall–Kier alpha value is -1.62. The monoisotopic (exact) mass is 268 g/mol. The van der Waals surface area contributed by atoms with Crippen LogP contribution in [0.1, 0.15) is 33.1 Å². The molecule has 0 spiro atoms. The summed E-state index contributed by atoms with van der Waals surface area (Å²) >= 11 is 0. The third kappa shape index (κ3) is 5.70. The van der Waals surface area contributed by atoms with Gasteiger partial charge in [0.15, 0.2) is 0 Å². The van der Waals surface area contributed by atoms with E-state index in [4.69, 9.17) is 10.5 Å². The number of hydrogen-bond acceptors (Lipinski definition) is 3. The van der Waals surface area contributed by atoms with E-state index in [9.17, 15) is 9.18 Å². The van der Waals surface area contributed by atoms with E-state index in [1.54, 1.807) is 0 Å². The Labute approximate surface area is 113 Å². The molecular weight excluding hydrogens is 247 g/mol. The molecule has 1 aromatic carbocycles. The van der Waals surface area contributed by atoms with E-state index in [-0.39, 0.29) is 24.1 Å². The largest absolute Gasteiger partial charge is 0.396 e. The molecule has 0 aliphatic heterocycles. The van der Waals surface area contributed by atoms with Gasteiger partial charge in [0.1, 0.15) is 5.82 Å². The van der Waals surface area contributed by atoms with E-state index in [2.05, 4.69) is 12.2 Å². The quantitative estimate of drug-likeness (QED) is 0.747. The maximum atomic E-state index is 12.9. The minimum Gasteiger partial charge on any atom is -0.396 e. The molecule has 0 aliphatic rings. The second-order valence-electron chi connectivity index (χ2n) is 4.50. The highest BCUT2D eigenvalue weighted by atomic mass is 19.1. The van der Waals surface area contributed by atoms with E-state index in [0.29, 0.717) is 12.3 Å². The zero-order chi connectivity index (χ0) is 14.3. The van der Waals surface area contributed by atoms with Gasteiger partial charge in [0.2, 0.25) is 5.91 Å². The van der Waals surface area contributed by atoms with E-state index < -0.39 is 5.82 Å². The van der Waals surface area contributed by atoms with Crippen molar-refractivity contribution in [3.8, 4) is 0 Å². The molecule has 1 aromatic rings. The van der Waals surface area contributed by atoms with Crippen LogP contribution in [-0.4, -0.2) is 18.6 Å². The van der Waals surface area contributed by atoms with Crippen LogP contribution in [0.25, 0.3) is 0 Å². The van der Waals surface area contributed by atoms with E-state index in [0.717, 1.165) is 12.8 Å². The first-order valence-electron chi connectivity index (χ1n) is 6.49. The molecule has 0 heterocycles. The molecule has 0 aromatic heterocycles. The Balaban J connectivity index is 2.33. The summed E-state index contributed by atoms with van der Waals surface area (Å²) < 4.78 is 18.4. The molecule has 0 aliphatic carbocycles. The molecule has 0 saturated carbocycles. The summed E-state index contributed by atoms with van der Waals surface area (Å²) in [6, 6.07) is 4.10. The molecule has 3 N–H and O–H groups in total. The lowest BCUT2D eigenvalue weighted by atomic mass is 10.2. The summed E-state index contributed by atoms with van der Waals surface area (Å²) in [5.74, 6) is -0.663. The number of halogens is 1. The zero-order valence-electron chi connectivity index (χ0n) is 11.4. The van der Waals surface area contributed by atoms with Crippen molar-refractivity contribution >= 4 is 17.3 Å². The van der Waals surface area contributed by atoms with Gasteiger partial charge in [-0.2, -0.15) is 0 Å². The highest BCUT2D eigenvalue weighted by Gasteiger charge is 2.06. The molecule has 1 amide bonds. The van der Waals surface area contributed by atoms with E-state index in [1.165, 1.54) is 18.2 Å². The molecule has 1 unspecified atom stereocenters. The predicted molar refractivity (Wildman–Crippen MR) is 74.4 cm³/mol. The van der Waals surface area contributed by atoms with E-state index >= 15 is 0 Å². The fraction of sp³-hybridized carbons (Fsp3) is 0.500. The molecular formula is C14H21FN2O2. The van der Waals surface area contributed by atoms with Crippen molar-refractivity contribution in [1.82, 2.24) is 0 Å². The maximum absolute atomic E-state index is 12.9. The lowest BCUT2D eigenvalue weighted by molar-refractivity contribution is -0.117. The smallest absolute Gasteiger partial charge is 0.226 e. The Morgan fingerprint density at radius 1 is 1.53 bits per heavy atom. The van der Waals surface area contributed by atoms with Crippen molar-refractivity contribution in [3.63, 3.8) is 0 Å². The topological polar surface area (TPSA) is 64.3 Å². The molecule has 106 valence electrons. The summed E-state index contributed by atoms with van der Waals surface area (Å²) in [4.78, 5) is 11.6. The van der Waals surface area contributed by atoms with Gasteiger partial charge in [0.05, 0.1) is 24.8 Å². The normalized spacial score (nSPS) is 12.2. The highest BCUT2D eigenvalue weighted by molar-refractivity contribution is 5.91. The summed E-state index contributed by atoms with van der Waals surface area (Å²) in [5, 5.41) is 2.65. The molecule has 0 saturated heterocycles. The van der Waals surface area contributed by atoms with Crippen LogP contribution < -0.4 is 11.1 Å². The van der Waals surface area contributed by atoms with Crippen molar-refractivity contribution in [2.24, 2.45) is 0 Å². The van der Waals surface area contributed by atoms with Gasteiger partial charge in [0, 0.05) is 5.69 Å². The van der Waals surface area contributed by atoms with Crippen molar-refractivity contribution in [3.05, 3.63) is 24.0 Å². The van der Waals surface area contributed by atoms with Gasteiger partial charge >= 0.3 is 0 Å². The Morgan fingerprint density at radius 3 is 2.89 bits per heavy atom. The van der Waals surface area contributed by atoms with Crippen LogP contribution in [0.2, 0.25) is 0 Å². The molecule has 0 radical (unpaired) electrons. The van der Waals surface area contributed by atoms with Crippen molar-refractivity contribution in [2.45, 2.75) is 39.2 Å². The molecule has 4 nitrogen and oxygen atoms in total. The molecule has 1 atom stereocenters. The summed E-state index contributed by atoms with van der Waals surface area (Å²) in [6.45, 7) is 4.46. The van der Waals surface area contributed by atoms with Crippen LogP contribution >= 0.6 is 0 Å². The molecule has 19 heavy (non-hydrogen) atoms. The van der Waals surface area contributed by atoms with Crippen LogP contribution in [0, 0.1) is 5.82 Å². The number of nitrogens with one attached hydrogen (secondary N) is 1. The second kappa shape index (κ2) is 7.74. The van der Waals surface area contributed by atoms with Crippen molar-refractivity contribution < 1.29 is 13.9 Å². The number of rotatable bonds is 7. The van der Waals surface area contributed by atoms with Crippen LogP contribution in [0.5, 0.6) is 0 Å². The minimum absolute atomic E-state index is 0.0191. The first-order valence-corrected chi connectivity index (χ1v) is 6.49. The van der Waals surface area contributed by atoms with Crippen LogP contribution in [0.15, 0.2) is 18.2 Å². The Kier molecular flexibility index (Phi) is 6.29. The SMILES string of the molecule is CCCC(C)OCCC(=O)Nc1ccc(F)c(N)c1. The Bertz CT molecular complexity index is 424. The Morgan fingerprint density at radius 2 is 2.26 bits per heavy atom. The summed E-state index contributed by atoms with van der Waals surface area (Å²) in [6.07, 6.45) is 2.48. The number of nitrogens with two attached hydrogens (primary N) is 1. The summed E-state index contributed by atoms with van der Waals surface area (Å²) in [7, 11) is 0. The predicted octanol–water partition coefficient (Wildman–Crippen LogP) is 2.94. The number of nitrogen functional groups attached to an aromatic ring is 1. The molecule has 0 bridgehead atoms. The lowest BCUT2D eigenvalue weighted by Crippen LogP contribution is -2.17. The average Bonchev–Trinajstić information content (AvgIpc) is 2.34. The van der Waals surface area contributed by atoms with Crippen LogP contribution in [-0.2, 0) is 9.53 Å². The number of ether oxygens (including phenoxy) is 1. The third-order valence-electron chi connectivity index (χ3n) is 2.71. The lowest BCUT2D eigenvalue weighted by Gasteiger charge is -2.11. The number of anilines is 2. The summed E-state index contributed by atoms with van der Waals surface area (Å²) in [5.41, 5.74) is 5.93. The molecule has 1 rings (SSSR count). The molecule has 0 fully saturated rings. The number of carbonyl (C=O) groups is 1. The highest BCUT2D eigenvalue weighted by Crippen LogP contribution is 2.16. The number of carbonyl (C=O) groups excluding carboxylic acids is 1. The average molecular weight is 268 g/mol. The van der Waals surface area contributed by atoms with Gasteiger partial charge in [-0.3, -0.25) is 4.79 Å². The maximum Gasteiger partial charge on any atom is 0.226 e. The standard InChI is InChI=1S/C14H21FN2O2/c1-3-4-10(2)19-8-7-14(18)17-11-5-6-12(15)13(16)9-11/h5-6,9-10H,3-4,7-8,16H2,1-2H3,(H,17,18). The van der Waals surface area contributed by atoms with Crippen molar-refractivity contribution in [2.75, 3.05) is 17.7 Å². The fourth-order valence-electron chi connectivity index (χ4n) is 1.69. The second-order valence-corrected chi connectivity index (χ2v) is 4.50. The van der Waals surface area contributed by atoms with Gasteiger partial charge in [-0.05, 0) is 31.5 Å². The number of hydrogen-bond donors (Lipinski definition) is 2. The van der Waals surface area contributed by atoms with Gasteiger partial charge in [-0.25, -0.2) is 4.39 Å². The minimum atomic E-state index is -0.491. The first kappa shape index (κ1) is 15.4. The van der Waals surface area contributed by atoms with Gasteiger partial charge in [0.25, 0.3) is 0 Å². The van der Waals surface area contributed by atoms with Crippen LogP contribution in [0.4, 0.5) is 15.8 Å². The van der Waals surface area contributed by atoms with Crippen molar-refractivity contribution in [1.29, 1.82) is 0 Å². The number of benzene rings is 1. The van der Waals surface area contributed by atoms with Gasteiger partial charge in [-0.15, -0.1) is 0 Å². The van der Waals surface area contributed by atoms with E-state index in [1.807, 2.05) is 6.92 Å². The van der Waals surface area contributed by atoms with Crippen LogP contribution in [0.3, 0.4) is 0 Å². The van der Waals surface area contributed by atoms with Gasteiger partial charge < -0.3 is 15.8 Å². The first-order chi connectivity index (χ1) is 9.02. The zero-order valence-corrected chi connectivity index (χ0v) is 11.4. The molecule has 5 heteroatoms. The van der Waals surface area contributed by atoms with Gasteiger partial charge in [-0.1, -0.05) is 13.3 Å². The fourth-order valence-corrected chi connectivity index (χ4v) is 1.69. The third-order valence-corrected chi connectivity index (χ3v) is 2.71.